The highest BCUT2D eigenvalue weighted by Gasteiger charge is 2.31. The molecule has 3 rings (SSSR count). The Bertz CT molecular complexity index is 920. The SMILES string of the molecule is Nc1c(Nc2cc(C(F)(F)F)ccc2Cl)ncnc1Oc1ccccc1. The Balaban J connectivity index is 1.90. The fourth-order valence-corrected chi connectivity index (χ4v) is 2.25. The fourth-order valence-electron chi connectivity index (χ4n) is 2.09. The molecule has 0 spiro atoms. The van der Waals surface area contributed by atoms with Crippen LogP contribution in [0.3, 0.4) is 0 Å². The van der Waals surface area contributed by atoms with Crippen LogP contribution < -0.4 is 15.8 Å². The molecule has 3 aromatic rings. The number of nitrogens with one attached hydrogen (secondary N) is 1. The maximum absolute atomic E-state index is 12.9. The van der Waals surface area contributed by atoms with Gasteiger partial charge in [0.15, 0.2) is 5.82 Å². The molecule has 0 aliphatic rings. The number of anilines is 3. The molecule has 2 aromatic carbocycles. The number of aromatic nitrogens is 2. The number of nitrogens with two attached hydrogens (primary N) is 1. The summed E-state index contributed by atoms with van der Waals surface area (Å²) < 4.78 is 44.2. The number of hydrogen-bond donors (Lipinski definition) is 2. The Morgan fingerprint density at radius 2 is 1.77 bits per heavy atom. The third kappa shape index (κ3) is 3.97. The number of ether oxygens (including phenoxy) is 1. The standard InChI is InChI=1S/C17H12ClF3N4O/c18-12-7-6-10(17(19,20)21)8-13(12)25-15-14(22)16(24-9-23-15)26-11-4-2-1-3-5-11/h1-9H,22H2,(H,23,24,25). The summed E-state index contributed by atoms with van der Waals surface area (Å²) in [5.74, 6) is 0.643. The molecule has 3 N–H and O–H groups in total. The quantitative estimate of drug-likeness (QED) is 0.645. The molecule has 9 heteroatoms. The third-order valence-corrected chi connectivity index (χ3v) is 3.68. The van der Waals surface area contributed by atoms with Gasteiger partial charge in [0.05, 0.1) is 16.3 Å². The van der Waals surface area contributed by atoms with Gasteiger partial charge >= 0.3 is 6.18 Å². The first-order chi connectivity index (χ1) is 12.3. The molecule has 1 aromatic heterocycles. The van der Waals surface area contributed by atoms with E-state index in [-0.39, 0.29) is 28.1 Å². The summed E-state index contributed by atoms with van der Waals surface area (Å²) in [6.07, 6.45) is -3.32. The predicted octanol–water partition coefficient (Wildman–Crippen LogP) is 5.27. The van der Waals surface area contributed by atoms with Crippen molar-refractivity contribution in [3.63, 3.8) is 0 Å². The minimum Gasteiger partial charge on any atom is -0.437 e. The van der Waals surface area contributed by atoms with Crippen molar-refractivity contribution in [2.75, 3.05) is 11.1 Å². The molecular formula is C17H12ClF3N4O. The lowest BCUT2D eigenvalue weighted by molar-refractivity contribution is -0.137. The molecule has 0 aliphatic heterocycles. The highest BCUT2D eigenvalue weighted by atomic mass is 35.5. The van der Waals surface area contributed by atoms with Gasteiger partial charge in [-0.15, -0.1) is 0 Å². The highest BCUT2D eigenvalue weighted by Crippen LogP contribution is 2.36. The van der Waals surface area contributed by atoms with Crippen molar-refractivity contribution in [3.05, 3.63) is 65.4 Å². The minimum absolute atomic E-state index is 0.0116. The van der Waals surface area contributed by atoms with Crippen LogP contribution in [-0.4, -0.2) is 9.97 Å². The average Bonchev–Trinajstić information content (AvgIpc) is 2.60. The van der Waals surface area contributed by atoms with Crippen molar-refractivity contribution < 1.29 is 17.9 Å². The Labute approximate surface area is 151 Å². The topological polar surface area (TPSA) is 73.1 Å². The molecular weight excluding hydrogens is 369 g/mol. The van der Waals surface area contributed by atoms with E-state index in [0.717, 1.165) is 18.2 Å². The van der Waals surface area contributed by atoms with E-state index < -0.39 is 11.7 Å². The number of rotatable bonds is 4. The van der Waals surface area contributed by atoms with Crippen LogP contribution in [0.5, 0.6) is 11.6 Å². The van der Waals surface area contributed by atoms with E-state index in [4.69, 9.17) is 22.1 Å². The summed E-state index contributed by atoms with van der Waals surface area (Å²) in [6.45, 7) is 0. The number of para-hydroxylation sites is 1. The molecule has 0 saturated heterocycles. The van der Waals surface area contributed by atoms with E-state index >= 15 is 0 Å². The van der Waals surface area contributed by atoms with Crippen LogP contribution in [-0.2, 0) is 6.18 Å². The molecule has 26 heavy (non-hydrogen) atoms. The second-order valence-electron chi connectivity index (χ2n) is 5.17. The first-order valence-electron chi connectivity index (χ1n) is 7.32. The molecule has 0 unspecified atom stereocenters. The van der Waals surface area contributed by atoms with Crippen LogP contribution >= 0.6 is 11.6 Å². The zero-order chi connectivity index (χ0) is 18.7. The van der Waals surface area contributed by atoms with Gasteiger partial charge in [-0.3, -0.25) is 0 Å². The van der Waals surface area contributed by atoms with Gasteiger partial charge in [0.2, 0.25) is 5.88 Å². The van der Waals surface area contributed by atoms with Crippen molar-refractivity contribution in [3.8, 4) is 11.6 Å². The lowest BCUT2D eigenvalue weighted by Gasteiger charge is -2.14. The second-order valence-corrected chi connectivity index (χ2v) is 5.58. The summed E-state index contributed by atoms with van der Waals surface area (Å²) in [7, 11) is 0. The van der Waals surface area contributed by atoms with Gasteiger partial charge in [0.25, 0.3) is 0 Å². The van der Waals surface area contributed by atoms with Crippen molar-refractivity contribution in [2.45, 2.75) is 6.18 Å². The third-order valence-electron chi connectivity index (χ3n) is 3.35. The summed E-state index contributed by atoms with van der Waals surface area (Å²) in [6, 6.07) is 11.7. The lowest BCUT2D eigenvalue weighted by Crippen LogP contribution is -2.07. The molecule has 0 aliphatic carbocycles. The highest BCUT2D eigenvalue weighted by molar-refractivity contribution is 6.33. The van der Waals surface area contributed by atoms with E-state index in [1.165, 1.54) is 6.33 Å². The molecule has 0 saturated carbocycles. The Hall–Kier alpha value is -3.00. The van der Waals surface area contributed by atoms with Crippen LogP contribution in [0.4, 0.5) is 30.4 Å². The van der Waals surface area contributed by atoms with Crippen LogP contribution in [0.25, 0.3) is 0 Å². The maximum Gasteiger partial charge on any atom is 0.416 e. The minimum atomic E-state index is -4.50. The average molecular weight is 381 g/mol. The van der Waals surface area contributed by atoms with E-state index in [0.29, 0.717) is 5.75 Å². The molecule has 0 amide bonds. The molecule has 0 atom stereocenters. The largest absolute Gasteiger partial charge is 0.437 e. The molecule has 1 heterocycles. The lowest BCUT2D eigenvalue weighted by atomic mass is 10.2. The fraction of sp³-hybridized carbons (Fsp3) is 0.0588. The van der Waals surface area contributed by atoms with Crippen molar-refractivity contribution in [1.29, 1.82) is 0 Å². The van der Waals surface area contributed by atoms with Crippen molar-refractivity contribution in [2.24, 2.45) is 0 Å². The van der Waals surface area contributed by atoms with Gasteiger partial charge in [-0.2, -0.15) is 18.2 Å². The van der Waals surface area contributed by atoms with Crippen LogP contribution in [0.1, 0.15) is 5.56 Å². The first kappa shape index (κ1) is 17.8. The number of nitrogen functional groups attached to an aromatic ring is 1. The van der Waals surface area contributed by atoms with Gasteiger partial charge in [0, 0.05) is 0 Å². The Morgan fingerprint density at radius 1 is 1.04 bits per heavy atom. The Morgan fingerprint density at radius 3 is 2.46 bits per heavy atom. The van der Waals surface area contributed by atoms with E-state index in [1.54, 1.807) is 24.3 Å². The second kappa shape index (κ2) is 7.09. The summed E-state index contributed by atoms with van der Waals surface area (Å²) in [4.78, 5) is 7.89. The zero-order valence-corrected chi connectivity index (χ0v) is 13.8. The monoisotopic (exact) mass is 380 g/mol. The number of alkyl halides is 3. The molecule has 5 nitrogen and oxygen atoms in total. The number of nitrogens with zero attached hydrogens (tertiary/aromatic N) is 2. The van der Waals surface area contributed by atoms with Crippen LogP contribution in [0, 0.1) is 0 Å². The molecule has 0 radical (unpaired) electrons. The molecule has 134 valence electrons. The summed E-state index contributed by atoms with van der Waals surface area (Å²) >= 11 is 5.97. The number of benzene rings is 2. The Kier molecular flexibility index (Phi) is 4.85. The van der Waals surface area contributed by atoms with Crippen molar-refractivity contribution in [1.82, 2.24) is 9.97 Å². The van der Waals surface area contributed by atoms with Gasteiger partial charge in [-0.05, 0) is 30.3 Å². The summed E-state index contributed by atoms with van der Waals surface area (Å²) in [5.41, 5.74) is 5.17. The predicted molar refractivity (Wildman–Crippen MR) is 92.7 cm³/mol. The van der Waals surface area contributed by atoms with Crippen LogP contribution in [0.2, 0.25) is 5.02 Å². The smallest absolute Gasteiger partial charge is 0.416 e. The van der Waals surface area contributed by atoms with Crippen molar-refractivity contribution >= 4 is 28.8 Å². The van der Waals surface area contributed by atoms with Gasteiger partial charge in [0.1, 0.15) is 17.8 Å². The van der Waals surface area contributed by atoms with Gasteiger partial charge < -0.3 is 15.8 Å². The van der Waals surface area contributed by atoms with Gasteiger partial charge in [-0.25, -0.2) is 4.98 Å². The molecule has 0 fully saturated rings. The van der Waals surface area contributed by atoms with E-state index in [9.17, 15) is 13.2 Å². The van der Waals surface area contributed by atoms with E-state index in [1.807, 2.05) is 6.07 Å². The van der Waals surface area contributed by atoms with Gasteiger partial charge in [-0.1, -0.05) is 29.8 Å². The number of hydrogen-bond acceptors (Lipinski definition) is 5. The van der Waals surface area contributed by atoms with Crippen LogP contribution in [0.15, 0.2) is 54.9 Å². The summed E-state index contributed by atoms with van der Waals surface area (Å²) in [5, 5.41) is 2.78. The number of halogens is 4. The van der Waals surface area contributed by atoms with E-state index in [2.05, 4.69) is 15.3 Å². The zero-order valence-electron chi connectivity index (χ0n) is 13.1. The normalized spacial score (nSPS) is 11.2. The maximum atomic E-state index is 12.9. The first-order valence-corrected chi connectivity index (χ1v) is 7.69. The molecule has 0 bridgehead atoms.